The summed E-state index contributed by atoms with van der Waals surface area (Å²) in [5.41, 5.74) is 1.01. The first kappa shape index (κ1) is 15.4. The molecule has 0 aliphatic carbocycles. The molecule has 21 heavy (non-hydrogen) atoms. The Morgan fingerprint density at radius 2 is 2.10 bits per heavy atom. The van der Waals surface area contributed by atoms with Gasteiger partial charge in [-0.2, -0.15) is 8.78 Å². The zero-order chi connectivity index (χ0) is 15.2. The predicted molar refractivity (Wildman–Crippen MR) is 76.3 cm³/mol. The molecular weight excluding hydrogens is 276 g/mol. The van der Waals surface area contributed by atoms with Crippen LogP contribution >= 0.6 is 0 Å². The average Bonchev–Trinajstić information content (AvgIpc) is 2.96. The Morgan fingerprint density at radius 3 is 2.76 bits per heavy atom. The highest BCUT2D eigenvalue weighted by molar-refractivity contribution is 5.35. The summed E-state index contributed by atoms with van der Waals surface area (Å²) >= 11 is 0. The van der Waals surface area contributed by atoms with Crippen molar-refractivity contribution in [2.24, 2.45) is 0 Å². The van der Waals surface area contributed by atoms with Crippen LogP contribution in [0.5, 0.6) is 5.75 Å². The summed E-state index contributed by atoms with van der Waals surface area (Å²) in [6, 6.07) is 7.77. The van der Waals surface area contributed by atoms with E-state index < -0.39 is 6.55 Å². The van der Waals surface area contributed by atoms with Crippen LogP contribution in [0.15, 0.2) is 36.7 Å². The van der Waals surface area contributed by atoms with Gasteiger partial charge >= 0.3 is 6.55 Å². The zero-order valence-electron chi connectivity index (χ0n) is 12.1. The number of hydrogen-bond donors (Lipinski definition) is 1. The molecule has 1 aromatic carbocycles. The number of aromatic nitrogens is 2. The fraction of sp³-hybridized carbons (Fsp3) is 0.400. The van der Waals surface area contributed by atoms with Crippen LogP contribution in [0, 0.1) is 0 Å². The first-order valence-corrected chi connectivity index (χ1v) is 6.86. The van der Waals surface area contributed by atoms with Crippen molar-refractivity contribution in [2.45, 2.75) is 32.5 Å². The maximum absolute atomic E-state index is 12.8. The third-order valence-electron chi connectivity index (χ3n) is 3.37. The van der Waals surface area contributed by atoms with Gasteiger partial charge in [-0.1, -0.05) is 25.1 Å². The lowest BCUT2D eigenvalue weighted by molar-refractivity contribution is 0.0632. The molecule has 6 heteroatoms. The summed E-state index contributed by atoms with van der Waals surface area (Å²) < 4.78 is 32.0. The molecule has 0 saturated heterocycles. The third-order valence-corrected chi connectivity index (χ3v) is 3.37. The molecule has 4 nitrogen and oxygen atoms in total. The normalized spacial score (nSPS) is 12.6. The van der Waals surface area contributed by atoms with Crippen molar-refractivity contribution >= 4 is 0 Å². The molecular formula is C15H19F2N3O. The van der Waals surface area contributed by atoms with Gasteiger partial charge in [-0.05, 0) is 19.5 Å². The fourth-order valence-corrected chi connectivity index (χ4v) is 2.26. The number of benzene rings is 1. The van der Waals surface area contributed by atoms with Gasteiger partial charge in [-0.3, -0.25) is 4.57 Å². The summed E-state index contributed by atoms with van der Waals surface area (Å²) in [4.78, 5) is 3.91. The lowest BCUT2D eigenvalue weighted by Crippen LogP contribution is -2.16. The number of nitrogens with zero attached hydrogens (tertiary/aromatic N) is 2. The van der Waals surface area contributed by atoms with E-state index in [4.69, 9.17) is 4.74 Å². The molecule has 0 bridgehead atoms. The maximum Gasteiger partial charge on any atom is 0.320 e. The molecule has 0 radical (unpaired) electrons. The van der Waals surface area contributed by atoms with Crippen molar-refractivity contribution in [2.75, 3.05) is 7.05 Å². The number of alkyl halides is 2. The molecule has 114 valence electrons. The quantitative estimate of drug-likeness (QED) is 0.849. The first-order valence-electron chi connectivity index (χ1n) is 6.86. The van der Waals surface area contributed by atoms with Crippen LogP contribution < -0.4 is 10.1 Å². The predicted octanol–water partition coefficient (Wildman–Crippen LogP) is 3.53. The van der Waals surface area contributed by atoms with E-state index >= 15 is 0 Å². The summed E-state index contributed by atoms with van der Waals surface area (Å²) in [7, 11) is 1.88. The smallest absolute Gasteiger partial charge is 0.320 e. The summed E-state index contributed by atoms with van der Waals surface area (Å²) in [5, 5.41) is 3.21. The highest BCUT2D eigenvalue weighted by Crippen LogP contribution is 2.27. The number of nitrogens with one attached hydrogen (secondary N) is 1. The van der Waals surface area contributed by atoms with Crippen LogP contribution in [0.3, 0.4) is 0 Å². The topological polar surface area (TPSA) is 39.1 Å². The highest BCUT2D eigenvalue weighted by atomic mass is 19.3. The minimum Gasteiger partial charge on any atom is -0.485 e. The number of rotatable bonds is 7. The van der Waals surface area contributed by atoms with Crippen LogP contribution in [0.4, 0.5) is 8.78 Å². The molecule has 1 N–H and O–H groups in total. The van der Waals surface area contributed by atoms with E-state index in [9.17, 15) is 8.78 Å². The van der Waals surface area contributed by atoms with Gasteiger partial charge in [0.2, 0.25) is 0 Å². The van der Waals surface area contributed by atoms with Gasteiger partial charge in [-0.25, -0.2) is 4.98 Å². The van der Waals surface area contributed by atoms with Crippen LogP contribution in [0.1, 0.15) is 37.3 Å². The average molecular weight is 295 g/mol. The molecule has 1 aromatic heterocycles. The monoisotopic (exact) mass is 295 g/mol. The molecule has 0 spiro atoms. The van der Waals surface area contributed by atoms with E-state index in [1.165, 1.54) is 12.4 Å². The van der Waals surface area contributed by atoms with Gasteiger partial charge in [0.15, 0.2) is 5.82 Å². The van der Waals surface area contributed by atoms with Gasteiger partial charge in [0.05, 0.1) is 0 Å². The first-order chi connectivity index (χ1) is 10.2. The van der Waals surface area contributed by atoms with Gasteiger partial charge in [0.1, 0.15) is 12.4 Å². The van der Waals surface area contributed by atoms with Gasteiger partial charge in [0, 0.05) is 24.0 Å². The minimum absolute atomic E-state index is 0.00843. The lowest BCUT2D eigenvalue weighted by Gasteiger charge is -2.18. The minimum atomic E-state index is -2.61. The molecule has 0 saturated carbocycles. The van der Waals surface area contributed by atoms with Gasteiger partial charge < -0.3 is 10.1 Å². The van der Waals surface area contributed by atoms with E-state index in [2.05, 4.69) is 17.2 Å². The fourth-order valence-electron chi connectivity index (χ4n) is 2.26. The van der Waals surface area contributed by atoms with Gasteiger partial charge in [-0.15, -0.1) is 0 Å². The molecule has 0 amide bonds. The molecule has 0 fully saturated rings. The Kier molecular flexibility index (Phi) is 5.27. The molecule has 2 rings (SSSR count). The van der Waals surface area contributed by atoms with E-state index in [1.807, 2.05) is 31.3 Å². The Morgan fingerprint density at radius 1 is 1.33 bits per heavy atom. The van der Waals surface area contributed by atoms with Crippen molar-refractivity contribution in [1.29, 1.82) is 0 Å². The second-order valence-corrected chi connectivity index (χ2v) is 4.60. The molecule has 1 unspecified atom stereocenters. The maximum atomic E-state index is 12.8. The van der Waals surface area contributed by atoms with Crippen molar-refractivity contribution in [1.82, 2.24) is 14.9 Å². The van der Waals surface area contributed by atoms with Gasteiger partial charge in [0.25, 0.3) is 0 Å². The van der Waals surface area contributed by atoms with E-state index in [1.54, 1.807) is 0 Å². The molecule has 1 atom stereocenters. The lowest BCUT2D eigenvalue weighted by atomic mass is 10.0. The van der Waals surface area contributed by atoms with Crippen molar-refractivity contribution in [3.05, 3.63) is 48.0 Å². The Balaban J connectivity index is 2.15. The molecule has 2 aromatic rings. The molecule has 1 heterocycles. The number of imidazole rings is 1. The second-order valence-electron chi connectivity index (χ2n) is 4.60. The Bertz CT molecular complexity index is 568. The Labute approximate surface area is 122 Å². The number of ether oxygens (including phenoxy) is 1. The van der Waals surface area contributed by atoms with Crippen molar-refractivity contribution < 1.29 is 13.5 Å². The number of hydrogen-bond acceptors (Lipinski definition) is 3. The van der Waals surface area contributed by atoms with Crippen LogP contribution in [0.2, 0.25) is 0 Å². The SMILES string of the molecule is CCC(NC)c1ccccc1OCc1nccn1C(F)F. The van der Waals surface area contributed by atoms with Crippen LogP contribution in [-0.2, 0) is 6.61 Å². The second kappa shape index (κ2) is 7.17. The van der Waals surface area contributed by atoms with E-state index in [0.717, 1.165) is 16.6 Å². The van der Waals surface area contributed by atoms with Crippen LogP contribution in [0.25, 0.3) is 0 Å². The summed E-state index contributed by atoms with van der Waals surface area (Å²) in [5.74, 6) is 0.889. The van der Waals surface area contributed by atoms with E-state index in [-0.39, 0.29) is 18.5 Å². The Hall–Kier alpha value is -1.95. The number of para-hydroxylation sites is 1. The number of halogens is 2. The summed E-state index contributed by atoms with van der Waals surface area (Å²) in [6.07, 6.45) is 3.50. The van der Waals surface area contributed by atoms with Crippen LogP contribution in [-0.4, -0.2) is 16.6 Å². The molecule has 0 aliphatic heterocycles. The largest absolute Gasteiger partial charge is 0.485 e. The summed E-state index contributed by atoms with van der Waals surface area (Å²) in [6.45, 7) is -0.530. The standard InChI is InChI=1S/C15H19F2N3O/c1-3-12(18-2)11-6-4-5-7-13(11)21-10-14-19-8-9-20(14)15(16)17/h4-9,12,15,18H,3,10H2,1-2H3. The van der Waals surface area contributed by atoms with Crippen molar-refractivity contribution in [3.8, 4) is 5.75 Å². The highest BCUT2D eigenvalue weighted by Gasteiger charge is 2.15. The third kappa shape index (κ3) is 3.58. The van der Waals surface area contributed by atoms with E-state index in [0.29, 0.717) is 5.75 Å². The van der Waals surface area contributed by atoms with Crippen molar-refractivity contribution in [3.63, 3.8) is 0 Å². The zero-order valence-corrected chi connectivity index (χ0v) is 12.1. The molecule has 0 aliphatic rings.